The highest BCUT2D eigenvalue weighted by Crippen LogP contribution is 2.18. The summed E-state index contributed by atoms with van der Waals surface area (Å²) in [6, 6.07) is 0. The molecule has 0 rings (SSSR count). The van der Waals surface area contributed by atoms with Crippen molar-refractivity contribution in [3.8, 4) is 0 Å². The van der Waals surface area contributed by atoms with Crippen molar-refractivity contribution in [2.75, 3.05) is 13.2 Å². The second kappa shape index (κ2) is 54.2. The predicted octanol–water partition coefficient (Wildman–Crippen LogP) is 19.0. The van der Waals surface area contributed by atoms with Crippen molar-refractivity contribution < 1.29 is 24.2 Å². The highest BCUT2D eigenvalue weighted by atomic mass is 16.6. The van der Waals surface area contributed by atoms with Gasteiger partial charge in [0.1, 0.15) is 6.61 Å². The molecular weight excluding hydrogens is 765 g/mol. The highest BCUT2D eigenvalue weighted by molar-refractivity contribution is 5.70. The number of rotatable bonds is 54. The van der Waals surface area contributed by atoms with Crippen molar-refractivity contribution in [3.05, 3.63) is 0 Å². The van der Waals surface area contributed by atoms with Crippen molar-refractivity contribution in [2.24, 2.45) is 0 Å². The van der Waals surface area contributed by atoms with Gasteiger partial charge in [-0.15, -0.1) is 0 Å². The molecular formula is C57H112O5. The fourth-order valence-electron chi connectivity index (χ4n) is 9.09. The van der Waals surface area contributed by atoms with Crippen LogP contribution in [0.1, 0.15) is 335 Å². The molecule has 0 bridgehead atoms. The zero-order chi connectivity index (χ0) is 44.9. The lowest BCUT2D eigenvalue weighted by atomic mass is 10.0. The molecule has 5 heteroatoms. The number of unbranched alkanes of at least 4 members (excludes halogenated alkanes) is 46. The van der Waals surface area contributed by atoms with Gasteiger partial charge in [0, 0.05) is 12.8 Å². The van der Waals surface area contributed by atoms with Crippen molar-refractivity contribution in [3.63, 3.8) is 0 Å². The second-order valence-corrected chi connectivity index (χ2v) is 19.7. The maximum atomic E-state index is 12.3. The maximum absolute atomic E-state index is 12.3. The number of ether oxygens (including phenoxy) is 2. The Morgan fingerprint density at radius 3 is 0.710 bits per heavy atom. The second-order valence-electron chi connectivity index (χ2n) is 19.7. The lowest BCUT2D eigenvalue weighted by molar-refractivity contribution is -0.161. The molecule has 0 aliphatic carbocycles. The zero-order valence-electron chi connectivity index (χ0n) is 42.4. The summed E-state index contributed by atoms with van der Waals surface area (Å²) >= 11 is 0. The van der Waals surface area contributed by atoms with Gasteiger partial charge in [-0.25, -0.2) is 0 Å². The number of carbonyl (C=O) groups is 2. The van der Waals surface area contributed by atoms with E-state index in [2.05, 4.69) is 13.8 Å². The van der Waals surface area contributed by atoms with Crippen molar-refractivity contribution in [2.45, 2.75) is 341 Å². The molecule has 0 fully saturated rings. The Bertz CT molecular complexity index is 860. The molecule has 0 aliphatic heterocycles. The smallest absolute Gasteiger partial charge is 0.306 e. The molecule has 5 nitrogen and oxygen atoms in total. The molecule has 0 spiro atoms. The van der Waals surface area contributed by atoms with Crippen LogP contribution in [0.5, 0.6) is 0 Å². The molecule has 0 saturated carbocycles. The van der Waals surface area contributed by atoms with Gasteiger partial charge in [0.05, 0.1) is 6.61 Å². The minimum Gasteiger partial charge on any atom is -0.462 e. The molecule has 1 N–H and O–H groups in total. The van der Waals surface area contributed by atoms with Crippen LogP contribution < -0.4 is 0 Å². The van der Waals surface area contributed by atoms with Crippen LogP contribution in [0.2, 0.25) is 0 Å². The van der Waals surface area contributed by atoms with E-state index in [0.717, 1.165) is 32.1 Å². The van der Waals surface area contributed by atoms with E-state index in [0.29, 0.717) is 12.8 Å². The summed E-state index contributed by atoms with van der Waals surface area (Å²) in [6.07, 6.45) is 65.2. The van der Waals surface area contributed by atoms with E-state index in [4.69, 9.17) is 9.47 Å². The Kier molecular flexibility index (Phi) is 53.3. The SMILES string of the molecule is CCCCCCCCCCCCCCCCCCCCCCCCCCCCCCCC(=O)OC(CO)COC(=O)CCCCCCCCCCCCCCCCCCCCC. The van der Waals surface area contributed by atoms with Gasteiger partial charge in [-0.3, -0.25) is 9.59 Å². The van der Waals surface area contributed by atoms with Crippen LogP contribution in [-0.2, 0) is 19.1 Å². The Morgan fingerprint density at radius 2 is 0.500 bits per heavy atom. The number of aliphatic hydroxyl groups is 1. The molecule has 0 aromatic rings. The number of hydrogen-bond donors (Lipinski definition) is 1. The van der Waals surface area contributed by atoms with E-state index in [1.165, 1.54) is 276 Å². The fraction of sp³-hybridized carbons (Fsp3) is 0.965. The molecule has 62 heavy (non-hydrogen) atoms. The molecule has 0 radical (unpaired) electrons. The summed E-state index contributed by atoms with van der Waals surface area (Å²) < 4.78 is 10.7. The molecule has 1 atom stereocenters. The van der Waals surface area contributed by atoms with Crippen LogP contribution in [0.15, 0.2) is 0 Å². The molecule has 0 aromatic carbocycles. The maximum Gasteiger partial charge on any atom is 0.306 e. The summed E-state index contributed by atoms with van der Waals surface area (Å²) in [6.45, 7) is 4.21. The number of carbonyl (C=O) groups excluding carboxylic acids is 2. The van der Waals surface area contributed by atoms with Gasteiger partial charge in [0.25, 0.3) is 0 Å². The summed E-state index contributed by atoms with van der Waals surface area (Å²) in [4.78, 5) is 24.5. The highest BCUT2D eigenvalue weighted by Gasteiger charge is 2.16. The number of hydrogen-bond acceptors (Lipinski definition) is 5. The van der Waals surface area contributed by atoms with Gasteiger partial charge in [-0.1, -0.05) is 309 Å². The van der Waals surface area contributed by atoms with Crippen LogP contribution in [-0.4, -0.2) is 36.4 Å². The standard InChI is InChI=1S/C57H112O5/c1-3-5-7-9-11-13-15-17-19-21-23-24-25-26-27-28-29-30-31-32-34-36-38-40-42-44-46-48-50-52-57(60)62-55(53-58)54-61-56(59)51-49-47-45-43-41-39-37-35-33-22-20-18-16-14-12-10-8-6-4-2/h55,58H,3-54H2,1-2H3. The average Bonchev–Trinajstić information content (AvgIpc) is 3.28. The third kappa shape index (κ3) is 51.5. The average molecular weight is 878 g/mol. The van der Waals surface area contributed by atoms with Crippen molar-refractivity contribution >= 4 is 11.9 Å². The topological polar surface area (TPSA) is 72.8 Å². The summed E-state index contributed by atoms with van der Waals surface area (Å²) in [5.41, 5.74) is 0. The largest absolute Gasteiger partial charge is 0.462 e. The fourth-order valence-corrected chi connectivity index (χ4v) is 9.09. The summed E-state index contributed by atoms with van der Waals surface area (Å²) in [7, 11) is 0. The molecule has 0 amide bonds. The zero-order valence-corrected chi connectivity index (χ0v) is 42.4. The van der Waals surface area contributed by atoms with Crippen molar-refractivity contribution in [1.29, 1.82) is 0 Å². The quantitative estimate of drug-likeness (QED) is 0.0487. The molecule has 0 saturated heterocycles. The number of aliphatic hydroxyl groups excluding tert-OH is 1. The van der Waals surface area contributed by atoms with Gasteiger partial charge in [-0.05, 0) is 12.8 Å². The van der Waals surface area contributed by atoms with Gasteiger partial charge >= 0.3 is 11.9 Å². The predicted molar refractivity (Wildman–Crippen MR) is 270 cm³/mol. The van der Waals surface area contributed by atoms with Gasteiger partial charge in [0.15, 0.2) is 6.10 Å². The Hall–Kier alpha value is -1.10. The van der Waals surface area contributed by atoms with Gasteiger partial charge in [0.2, 0.25) is 0 Å². The Balaban J connectivity index is 3.38. The summed E-state index contributed by atoms with van der Waals surface area (Å²) in [5.74, 6) is -0.564. The van der Waals surface area contributed by atoms with Crippen LogP contribution in [0.3, 0.4) is 0 Å². The summed E-state index contributed by atoms with van der Waals surface area (Å²) in [5, 5.41) is 9.65. The minimum atomic E-state index is -0.764. The lowest BCUT2D eigenvalue weighted by Crippen LogP contribution is -2.28. The first-order valence-corrected chi connectivity index (χ1v) is 28.6. The molecule has 1 unspecified atom stereocenters. The lowest BCUT2D eigenvalue weighted by Gasteiger charge is -2.15. The van der Waals surface area contributed by atoms with Crippen LogP contribution >= 0.6 is 0 Å². The molecule has 0 aromatic heterocycles. The van der Waals surface area contributed by atoms with Crippen LogP contribution in [0.25, 0.3) is 0 Å². The van der Waals surface area contributed by atoms with E-state index in [1.807, 2.05) is 0 Å². The molecule has 370 valence electrons. The monoisotopic (exact) mass is 877 g/mol. The Labute approximate surface area is 389 Å². The van der Waals surface area contributed by atoms with Crippen molar-refractivity contribution in [1.82, 2.24) is 0 Å². The van der Waals surface area contributed by atoms with Gasteiger partial charge < -0.3 is 14.6 Å². The van der Waals surface area contributed by atoms with E-state index >= 15 is 0 Å². The van der Waals surface area contributed by atoms with E-state index < -0.39 is 6.10 Å². The number of esters is 2. The molecule has 0 heterocycles. The normalized spacial score (nSPS) is 12.0. The first-order chi connectivity index (χ1) is 30.6. The van der Waals surface area contributed by atoms with E-state index in [9.17, 15) is 14.7 Å². The van der Waals surface area contributed by atoms with Crippen LogP contribution in [0, 0.1) is 0 Å². The first-order valence-electron chi connectivity index (χ1n) is 28.6. The third-order valence-electron chi connectivity index (χ3n) is 13.4. The molecule has 0 aliphatic rings. The third-order valence-corrected chi connectivity index (χ3v) is 13.4. The minimum absolute atomic E-state index is 0.0558. The van der Waals surface area contributed by atoms with Gasteiger partial charge in [-0.2, -0.15) is 0 Å². The first kappa shape index (κ1) is 60.9. The van der Waals surface area contributed by atoms with Crippen LogP contribution in [0.4, 0.5) is 0 Å². The van der Waals surface area contributed by atoms with E-state index in [1.54, 1.807) is 0 Å². The Morgan fingerprint density at radius 1 is 0.306 bits per heavy atom. The van der Waals surface area contributed by atoms with E-state index in [-0.39, 0.29) is 25.2 Å².